The van der Waals surface area contributed by atoms with Gasteiger partial charge in [-0.25, -0.2) is 14.6 Å². The fourth-order valence-electron chi connectivity index (χ4n) is 2.27. The molecule has 0 fully saturated rings. The standard InChI is InChI=1S/C16H17N3O9/c1-25-13-3-9(12(19(23)24)5-14(13)26-2)7-27-16(22)18-11(15(20)21)4-10-6-17-8-28-10/h3,5-6,8,11H,4,7H2,1-2H3,(H,18,22)(H,20,21). The number of nitro groups is 1. The van der Waals surface area contributed by atoms with Gasteiger partial charge in [0.15, 0.2) is 17.9 Å². The van der Waals surface area contributed by atoms with Crippen LogP contribution in [0, 0.1) is 10.1 Å². The predicted molar refractivity (Wildman–Crippen MR) is 91.2 cm³/mol. The molecule has 2 rings (SSSR count). The van der Waals surface area contributed by atoms with Crippen molar-refractivity contribution < 1.29 is 38.2 Å². The van der Waals surface area contributed by atoms with Gasteiger partial charge in [0.2, 0.25) is 0 Å². The molecule has 1 atom stereocenters. The molecule has 12 nitrogen and oxygen atoms in total. The molecule has 0 aliphatic carbocycles. The number of carbonyl (C=O) groups excluding carboxylic acids is 1. The van der Waals surface area contributed by atoms with E-state index in [1.54, 1.807) is 0 Å². The number of carboxylic acids is 1. The van der Waals surface area contributed by atoms with Crippen LogP contribution in [0.3, 0.4) is 0 Å². The van der Waals surface area contributed by atoms with E-state index in [4.69, 9.17) is 18.6 Å². The van der Waals surface area contributed by atoms with Gasteiger partial charge in [-0.1, -0.05) is 0 Å². The second-order valence-corrected chi connectivity index (χ2v) is 5.38. The lowest BCUT2D eigenvalue weighted by Crippen LogP contribution is -2.42. The number of hydrogen-bond acceptors (Lipinski definition) is 9. The summed E-state index contributed by atoms with van der Waals surface area (Å²) in [6.45, 7) is -0.489. The topological polar surface area (TPSA) is 163 Å². The maximum Gasteiger partial charge on any atom is 0.408 e. The molecule has 0 aliphatic heterocycles. The molecule has 2 aromatic rings. The summed E-state index contributed by atoms with van der Waals surface area (Å²) in [5.74, 6) is -0.713. The Morgan fingerprint density at radius 3 is 2.54 bits per heavy atom. The second kappa shape index (κ2) is 9.21. The highest BCUT2D eigenvalue weighted by Crippen LogP contribution is 2.34. The molecule has 150 valence electrons. The van der Waals surface area contributed by atoms with Gasteiger partial charge < -0.3 is 29.1 Å². The van der Waals surface area contributed by atoms with E-state index in [-0.39, 0.29) is 34.9 Å². The number of rotatable bonds is 9. The molecule has 2 N–H and O–H groups in total. The Kier molecular flexibility index (Phi) is 6.73. The van der Waals surface area contributed by atoms with Crippen molar-refractivity contribution in [3.8, 4) is 11.5 Å². The molecule has 1 amide bonds. The first-order chi connectivity index (χ1) is 13.3. The number of carboxylic acid groups (broad SMARTS) is 1. The van der Waals surface area contributed by atoms with Crippen LogP contribution in [0.2, 0.25) is 0 Å². The van der Waals surface area contributed by atoms with Crippen LogP contribution in [0.5, 0.6) is 11.5 Å². The number of methoxy groups -OCH3 is 2. The minimum atomic E-state index is -1.33. The van der Waals surface area contributed by atoms with Crippen LogP contribution < -0.4 is 14.8 Å². The quantitative estimate of drug-likeness (QED) is 0.470. The molecule has 1 unspecified atom stereocenters. The summed E-state index contributed by atoms with van der Waals surface area (Å²) in [5.41, 5.74) is -0.304. The number of aliphatic carboxylic acids is 1. The summed E-state index contributed by atoms with van der Waals surface area (Å²) in [7, 11) is 2.67. The highest BCUT2D eigenvalue weighted by Gasteiger charge is 2.24. The fourth-order valence-corrected chi connectivity index (χ4v) is 2.27. The zero-order chi connectivity index (χ0) is 20.7. The molecule has 0 saturated heterocycles. The summed E-state index contributed by atoms with van der Waals surface area (Å²) < 4.78 is 20.0. The van der Waals surface area contributed by atoms with Crippen LogP contribution >= 0.6 is 0 Å². The average Bonchev–Trinajstić information content (AvgIpc) is 3.17. The monoisotopic (exact) mass is 395 g/mol. The minimum Gasteiger partial charge on any atom is -0.493 e. The summed E-state index contributed by atoms with van der Waals surface area (Å²) >= 11 is 0. The van der Waals surface area contributed by atoms with Crippen LogP contribution in [0.15, 0.2) is 29.1 Å². The average molecular weight is 395 g/mol. The van der Waals surface area contributed by atoms with E-state index in [9.17, 15) is 24.8 Å². The molecule has 1 aromatic carbocycles. The molecule has 0 radical (unpaired) electrons. The van der Waals surface area contributed by atoms with Gasteiger partial charge in [0.25, 0.3) is 5.69 Å². The summed E-state index contributed by atoms with van der Waals surface area (Å²) in [6.07, 6.45) is 1.22. The van der Waals surface area contributed by atoms with Gasteiger partial charge in [-0.15, -0.1) is 0 Å². The van der Waals surface area contributed by atoms with Gasteiger partial charge in [0.1, 0.15) is 18.4 Å². The van der Waals surface area contributed by atoms with Crippen molar-refractivity contribution in [1.82, 2.24) is 10.3 Å². The highest BCUT2D eigenvalue weighted by molar-refractivity contribution is 5.80. The Labute approximate surface area is 158 Å². The van der Waals surface area contributed by atoms with E-state index in [0.29, 0.717) is 0 Å². The molecule has 0 spiro atoms. The van der Waals surface area contributed by atoms with Gasteiger partial charge in [0, 0.05) is 6.42 Å². The van der Waals surface area contributed by atoms with Crippen molar-refractivity contribution in [3.63, 3.8) is 0 Å². The smallest absolute Gasteiger partial charge is 0.408 e. The van der Waals surface area contributed by atoms with Crippen LogP contribution in [-0.2, 0) is 22.6 Å². The third-order valence-electron chi connectivity index (χ3n) is 3.62. The maximum absolute atomic E-state index is 11.9. The summed E-state index contributed by atoms with van der Waals surface area (Å²) in [4.78, 5) is 37.5. The van der Waals surface area contributed by atoms with Crippen molar-refractivity contribution in [1.29, 1.82) is 0 Å². The molecule has 1 heterocycles. The van der Waals surface area contributed by atoms with E-state index >= 15 is 0 Å². The van der Waals surface area contributed by atoms with Crippen molar-refractivity contribution >= 4 is 17.7 Å². The Morgan fingerprint density at radius 2 is 2.00 bits per heavy atom. The molecular weight excluding hydrogens is 378 g/mol. The number of nitrogens with zero attached hydrogens (tertiary/aromatic N) is 2. The van der Waals surface area contributed by atoms with Crippen LogP contribution in [0.4, 0.5) is 10.5 Å². The molecule has 0 saturated carbocycles. The lowest BCUT2D eigenvalue weighted by atomic mass is 10.1. The molecule has 1 aromatic heterocycles. The largest absolute Gasteiger partial charge is 0.493 e. The second-order valence-electron chi connectivity index (χ2n) is 5.38. The number of amides is 1. The first kappa shape index (κ1) is 20.5. The third-order valence-corrected chi connectivity index (χ3v) is 3.62. The van der Waals surface area contributed by atoms with E-state index < -0.39 is 29.6 Å². The number of benzene rings is 1. The van der Waals surface area contributed by atoms with Gasteiger partial charge in [-0.3, -0.25) is 10.1 Å². The Balaban J connectivity index is 2.08. The van der Waals surface area contributed by atoms with Crippen molar-refractivity contribution in [3.05, 3.63) is 46.2 Å². The van der Waals surface area contributed by atoms with E-state index in [1.807, 2.05) is 0 Å². The number of nitrogens with one attached hydrogen (secondary N) is 1. The molecule has 12 heteroatoms. The molecule has 0 aliphatic rings. The predicted octanol–water partition coefficient (Wildman–Crippen LogP) is 1.52. The Hall–Kier alpha value is -3.83. The van der Waals surface area contributed by atoms with Gasteiger partial charge in [-0.2, -0.15) is 0 Å². The van der Waals surface area contributed by atoms with Gasteiger partial charge >= 0.3 is 12.1 Å². The SMILES string of the molecule is COc1cc(COC(=O)NC(Cc2cnco2)C(=O)O)c([N+](=O)[O-])cc1OC. The number of oxazole rings is 1. The zero-order valence-corrected chi connectivity index (χ0v) is 14.9. The lowest BCUT2D eigenvalue weighted by molar-refractivity contribution is -0.385. The number of ether oxygens (including phenoxy) is 3. The minimum absolute atomic E-state index is 0.0416. The van der Waals surface area contributed by atoms with Crippen molar-refractivity contribution in [2.75, 3.05) is 14.2 Å². The third kappa shape index (κ3) is 5.09. The Morgan fingerprint density at radius 1 is 1.32 bits per heavy atom. The first-order valence-corrected chi connectivity index (χ1v) is 7.78. The lowest BCUT2D eigenvalue weighted by Gasteiger charge is -2.14. The zero-order valence-electron chi connectivity index (χ0n) is 14.9. The summed E-state index contributed by atoms with van der Waals surface area (Å²) in [6, 6.07) is 1.10. The molecular formula is C16H17N3O9. The molecule has 0 bridgehead atoms. The fraction of sp³-hybridized carbons (Fsp3) is 0.312. The number of nitro benzene ring substituents is 1. The number of carbonyl (C=O) groups is 2. The summed E-state index contributed by atoms with van der Waals surface area (Å²) in [5, 5.41) is 22.6. The number of aromatic nitrogens is 1. The number of hydrogen-bond donors (Lipinski definition) is 2. The van der Waals surface area contributed by atoms with Gasteiger partial charge in [0.05, 0.1) is 37.0 Å². The van der Waals surface area contributed by atoms with Crippen molar-refractivity contribution in [2.24, 2.45) is 0 Å². The molecule has 28 heavy (non-hydrogen) atoms. The van der Waals surface area contributed by atoms with E-state index in [0.717, 1.165) is 12.5 Å². The van der Waals surface area contributed by atoms with Crippen LogP contribution in [0.1, 0.15) is 11.3 Å². The van der Waals surface area contributed by atoms with Crippen LogP contribution in [-0.4, -0.2) is 47.3 Å². The normalized spacial score (nSPS) is 11.4. The van der Waals surface area contributed by atoms with Crippen molar-refractivity contribution in [2.45, 2.75) is 19.1 Å². The van der Waals surface area contributed by atoms with Crippen LogP contribution in [0.25, 0.3) is 0 Å². The Bertz CT molecular complexity index is 851. The number of alkyl carbamates (subject to hydrolysis) is 1. The maximum atomic E-state index is 11.9. The highest BCUT2D eigenvalue weighted by atomic mass is 16.6. The van der Waals surface area contributed by atoms with Gasteiger partial charge in [-0.05, 0) is 6.07 Å². The first-order valence-electron chi connectivity index (χ1n) is 7.78. The van der Waals surface area contributed by atoms with E-state index in [2.05, 4.69) is 10.3 Å². The van der Waals surface area contributed by atoms with E-state index in [1.165, 1.54) is 26.5 Å².